The number of fused-ring (bicyclic) bond motifs is 1. The van der Waals surface area contributed by atoms with Gasteiger partial charge >= 0.3 is 0 Å². The maximum atomic E-state index is 14.4. The van der Waals surface area contributed by atoms with Gasteiger partial charge in [0.25, 0.3) is 5.91 Å². The number of amides is 1. The summed E-state index contributed by atoms with van der Waals surface area (Å²) in [5, 5.41) is 7.53. The van der Waals surface area contributed by atoms with Gasteiger partial charge in [0.2, 0.25) is 10.0 Å². The number of nitrogens with zero attached hydrogens (tertiary/aromatic N) is 5. The molecule has 2 aliphatic heterocycles. The molecule has 0 spiro atoms. The highest BCUT2D eigenvalue weighted by Crippen LogP contribution is 2.36. The van der Waals surface area contributed by atoms with E-state index in [-0.39, 0.29) is 42.5 Å². The first-order valence-corrected chi connectivity index (χ1v) is 13.3. The van der Waals surface area contributed by atoms with Gasteiger partial charge in [-0.3, -0.25) is 4.79 Å². The first kappa shape index (κ1) is 23.6. The van der Waals surface area contributed by atoms with Gasteiger partial charge in [-0.1, -0.05) is 12.1 Å². The number of rotatable bonds is 5. The average Bonchev–Trinajstić information content (AvgIpc) is 3.42. The lowest BCUT2D eigenvalue weighted by atomic mass is 10.0. The van der Waals surface area contributed by atoms with Gasteiger partial charge in [0.15, 0.2) is 11.3 Å². The molecular formula is C23H26F2N6O3S. The highest BCUT2D eigenvalue weighted by molar-refractivity contribution is 7.88. The quantitative estimate of drug-likeness (QED) is 0.573. The van der Waals surface area contributed by atoms with Crippen LogP contribution in [0.1, 0.15) is 41.4 Å². The minimum absolute atomic E-state index is 0.106. The fraction of sp³-hybridized carbons (Fsp3) is 0.435. The molecule has 35 heavy (non-hydrogen) atoms. The standard InChI is InChI=1S/C23H26F2N6O3S/c1-35(33,34)29-9-7-18(8-10-29)27-23(32)20-13-26-21-5-6-22(28-31(20)21)30-14-17(25)12-19(30)15-3-2-4-16(24)11-15/h2-6,11,13,17-19H,7-10,12,14H2,1H3,(H,27,32)/t17-,19+/m0/s1. The molecule has 2 aromatic heterocycles. The number of anilines is 1. The summed E-state index contributed by atoms with van der Waals surface area (Å²) in [6, 6.07) is 8.99. The maximum absolute atomic E-state index is 14.4. The predicted molar refractivity (Wildman–Crippen MR) is 126 cm³/mol. The van der Waals surface area contributed by atoms with E-state index < -0.39 is 16.2 Å². The number of alkyl halides is 1. The number of piperidine rings is 1. The third-order valence-corrected chi connectivity index (χ3v) is 7.92. The summed E-state index contributed by atoms with van der Waals surface area (Å²) in [6.07, 6.45) is 2.75. The summed E-state index contributed by atoms with van der Waals surface area (Å²) in [5.74, 6) is -0.295. The maximum Gasteiger partial charge on any atom is 0.271 e. The second kappa shape index (κ2) is 9.15. The van der Waals surface area contributed by atoms with Crippen LogP contribution in [0, 0.1) is 5.82 Å². The van der Waals surface area contributed by atoms with E-state index in [2.05, 4.69) is 15.4 Å². The average molecular weight is 505 g/mol. The normalized spacial score (nSPS) is 22.1. The number of hydrogen-bond acceptors (Lipinski definition) is 6. The topological polar surface area (TPSA) is 99.9 Å². The van der Waals surface area contributed by atoms with E-state index in [9.17, 15) is 22.0 Å². The molecule has 2 saturated heterocycles. The zero-order valence-electron chi connectivity index (χ0n) is 19.1. The van der Waals surface area contributed by atoms with Crippen LogP contribution in [0.3, 0.4) is 0 Å². The van der Waals surface area contributed by atoms with Crippen LogP contribution in [-0.2, 0) is 10.0 Å². The number of hydrogen-bond donors (Lipinski definition) is 1. The Morgan fingerprint density at radius 3 is 2.66 bits per heavy atom. The van der Waals surface area contributed by atoms with Crippen molar-refractivity contribution in [2.24, 2.45) is 0 Å². The van der Waals surface area contributed by atoms with E-state index in [0.717, 1.165) is 0 Å². The van der Waals surface area contributed by atoms with E-state index in [4.69, 9.17) is 0 Å². The van der Waals surface area contributed by atoms with Gasteiger partial charge in [0, 0.05) is 25.6 Å². The lowest BCUT2D eigenvalue weighted by Gasteiger charge is -2.30. The largest absolute Gasteiger partial charge is 0.348 e. The van der Waals surface area contributed by atoms with Gasteiger partial charge in [-0.2, -0.15) is 0 Å². The molecule has 4 heterocycles. The van der Waals surface area contributed by atoms with Gasteiger partial charge in [0.05, 0.1) is 25.0 Å². The van der Waals surface area contributed by atoms with E-state index >= 15 is 0 Å². The van der Waals surface area contributed by atoms with Crippen molar-refractivity contribution in [1.29, 1.82) is 0 Å². The number of imidazole rings is 1. The van der Waals surface area contributed by atoms with Crippen molar-refractivity contribution in [3.8, 4) is 0 Å². The Balaban J connectivity index is 1.36. The molecule has 5 rings (SSSR count). The Hall–Kier alpha value is -3.12. The number of sulfonamides is 1. The molecule has 1 N–H and O–H groups in total. The number of carbonyl (C=O) groups excluding carboxylic acids is 1. The first-order chi connectivity index (χ1) is 16.7. The highest BCUT2D eigenvalue weighted by Gasteiger charge is 2.35. The molecule has 9 nitrogen and oxygen atoms in total. The molecule has 2 aliphatic rings. The van der Waals surface area contributed by atoms with Crippen LogP contribution in [0.15, 0.2) is 42.6 Å². The smallest absolute Gasteiger partial charge is 0.271 e. The summed E-state index contributed by atoms with van der Waals surface area (Å²) in [5.41, 5.74) is 1.35. The van der Waals surface area contributed by atoms with Crippen LogP contribution in [0.5, 0.6) is 0 Å². The number of benzene rings is 1. The minimum Gasteiger partial charge on any atom is -0.348 e. The Kier molecular flexibility index (Phi) is 6.18. The van der Waals surface area contributed by atoms with Crippen LogP contribution in [-0.4, -0.2) is 71.3 Å². The Bertz CT molecular complexity index is 1360. The summed E-state index contributed by atoms with van der Waals surface area (Å²) >= 11 is 0. The molecule has 12 heteroatoms. The molecule has 0 radical (unpaired) electrons. The van der Waals surface area contributed by atoms with Crippen molar-refractivity contribution < 1.29 is 22.0 Å². The Morgan fingerprint density at radius 2 is 1.94 bits per heavy atom. The number of aromatic nitrogens is 3. The predicted octanol–water partition coefficient (Wildman–Crippen LogP) is 2.31. The van der Waals surface area contributed by atoms with E-state index in [0.29, 0.717) is 43.0 Å². The van der Waals surface area contributed by atoms with Crippen molar-refractivity contribution in [3.05, 3.63) is 59.7 Å². The van der Waals surface area contributed by atoms with E-state index in [1.807, 2.05) is 0 Å². The zero-order valence-corrected chi connectivity index (χ0v) is 20.0. The van der Waals surface area contributed by atoms with Gasteiger partial charge in [0.1, 0.15) is 17.8 Å². The SMILES string of the molecule is CS(=O)(=O)N1CCC(NC(=O)c2cnc3ccc(N4C[C@@H](F)C[C@@H]4c4cccc(F)c4)nn23)CC1. The van der Waals surface area contributed by atoms with Crippen LogP contribution < -0.4 is 10.2 Å². The molecule has 1 amide bonds. The fourth-order valence-corrected chi connectivity index (χ4v) is 5.70. The van der Waals surface area contributed by atoms with E-state index in [1.165, 1.54) is 33.4 Å². The molecule has 2 atom stereocenters. The number of halogens is 2. The monoisotopic (exact) mass is 504 g/mol. The molecule has 186 valence electrons. The van der Waals surface area contributed by atoms with Crippen molar-refractivity contribution in [2.45, 2.75) is 37.5 Å². The number of nitrogens with one attached hydrogen (secondary N) is 1. The third kappa shape index (κ3) is 4.85. The second-order valence-corrected chi connectivity index (χ2v) is 11.1. The molecule has 0 unspecified atom stereocenters. The van der Waals surface area contributed by atoms with Gasteiger partial charge in [-0.15, -0.1) is 5.10 Å². The lowest BCUT2D eigenvalue weighted by molar-refractivity contribution is 0.0916. The summed E-state index contributed by atoms with van der Waals surface area (Å²) < 4.78 is 54.5. The molecular weight excluding hydrogens is 478 g/mol. The Labute approximate surface area is 201 Å². The lowest BCUT2D eigenvalue weighted by Crippen LogP contribution is -2.46. The fourth-order valence-electron chi connectivity index (χ4n) is 4.83. The molecule has 0 aliphatic carbocycles. The third-order valence-electron chi connectivity index (χ3n) is 6.62. The molecule has 0 saturated carbocycles. The van der Waals surface area contributed by atoms with Crippen LogP contribution in [0.2, 0.25) is 0 Å². The van der Waals surface area contributed by atoms with Gasteiger partial charge < -0.3 is 10.2 Å². The molecule has 0 bridgehead atoms. The van der Waals surface area contributed by atoms with Crippen molar-refractivity contribution in [3.63, 3.8) is 0 Å². The van der Waals surface area contributed by atoms with Crippen LogP contribution >= 0.6 is 0 Å². The molecule has 1 aromatic carbocycles. The zero-order chi connectivity index (χ0) is 24.7. The minimum atomic E-state index is -3.25. The van der Waals surface area contributed by atoms with Gasteiger partial charge in [-0.25, -0.2) is 31.0 Å². The van der Waals surface area contributed by atoms with Gasteiger partial charge in [-0.05, 0) is 42.7 Å². The first-order valence-electron chi connectivity index (χ1n) is 11.5. The summed E-state index contributed by atoms with van der Waals surface area (Å²) in [4.78, 5) is 19.1. The van der Waals surface area contributed by atoms with E-state index in [1.54, 1.807) is 29.2 Å². The Morgan fingerprint density at radius 1 is 1.17 bits per heavy atom. The second-order valence-electron chi connectivity index (χ2n) is 9.07. The van der Waals surface area contributed by atoms with Crippen molar-refractivity contribution >= 4 is 27.4 Å². The number of carbonyl (C=O) groups is 1. The van der Waals surface area contributed by atoms with Crippen molar-refractivity contribution in [2.75, 3.05) is 30.8 Å². The van der Waals surface area contributed by atoms with Crippen LogP contribution in [0.4, 0.5) is 14.6 Å². The van der Waals surface area contributed by atoms with Crippen LogP contribution in [0.25, 0.3) is 5.65 Å². The highest BCUT2D eigenvalue weighted by atomic mass is 32.2. The summed E-state index contributed by atoms with van der Waals surface area (Å²) in [7, 11) is -3.25. The molecule has 3 aromatic rings. The molecule has 2 fully saturated rings. The van der Waals surface area contributed by atoms with Crippen molar-refractivity contribution in [1.82, 2.24) is 24.2 Å². The summed E-state index contributed by atoms with van der Waals surface area (Å²) in [6.45, 7) is 0.801.